The van der Waals surface area contributed by atoms with E-state index in [0.717, 1.165) is 38.7 Å². The molecule has 3 nitrogen and oxygen atoms in total. The van der Waals surface area contributed by atoms with E-state index in [9.17, 15) is 5.53 Å². The van der Waals surface area contributed by atoms with Crippen molar-refractivity contribution in [3.63, 3.8) is 0 Å². The van der Waals surface area contributed by atoms with Gasteiger partial charge in [0, 0.05) is 11.3 Å². The van der Waals surface area contributed by atoms with E-state index in [0.29, 0.717) is 12.1 Å². The Morgan fingerprint density at radius 3 is 2.57 bits per heavy atom. The molecule has 0 bridgehead atoms. The van der Waals surface area contributed by atoms with Gasteiger partial charge in [0.2, 0.25) is 0 Å². The lowest BCUT2D eigenvalue weighted by Gasteiger charge is -2.04. The summed E-state index contributed by atoms with van der Waals surface area (Å²) in [5, 5.41) is 2.27. The zero-order valence-corrected chi connectivity index (χ0v) is 11.4. The van der Waals surface area contributed by atoms with E-state index < -0.39 is 0 Å². The Morgan fingerprint density at radius 1 is 1.05 bits per heavy atom. The van der Waals surface area contributed by atoms with E-state index in [1.807, 2.05) is 24.3 Å². The molecule has 4 rings (SSSR count). The molecule has 0 radical (unpaired) electrons. The molecular formula is C18H13N3. The molecule has 0 aliphatic heterocycles. The Kier molecular flexibility index (Phi) is 2.44. The SMILES string of the molecule is [N-]=[N+]=C1CC=Cc2c1cc1cc3ccccc3cc(N)c2-1. The molecule has 21 heavy (non-hydrogen) atoms. The summed E-state index contributed by atoms with van der Waals surface area (Å²) in [6.45, 7) is 0. The molecule has 0 spiro atoms. The summed E-state index contributed by atoms with van der Waals surface area (Å²) in [4.78, 5) is 3.42. The van der Waals surface area contributed by atoms with E-state index in [1.165, 1.54) is 0 Å². The van der Waals surface area contributed by atoms with Gasteiger partial charge in [0.05, 0.1) is 12.0 Å². The van der Waals surface area contributed by atoms with Crippen molar-refractivity contribution >= 4 is 28.2 Å². The van der Waals surface area contributed by atoms with Crippen LogP contribution in [-0.2, 0) is 0 Å². The van der Waals surface area contributed by atoms with Gasteiger partial charge in [-0.1, -0.05) is 36.4 Å². The standard InChI is InChI=1S/C18H13N3/c19-16-10-12-5-2-1-4-11(12)8-13-9-15-14(18(13)16)6-3-7-17(15)21-20/h1-6,8-10H,7,19H2. The van der Waals surface area contributed by atoms with Crippen LogP contribution in [0.2, 0.25) is 0 Å². The van der Waals surface area contributed by atoms with Gasteiger partial charge in [-0.25, -0.2) is 0 Å². The highest BCUT2D eigenvalue weighted by Crippen LogP contribution is 2.40. The number of nitrogen functional groups attached to an aromatic ring is 1. The summed E-state index contributed by atoms with van der Waals surface area (Å²) in [6, 6.07) is 14.4. The monoisotopic (exact) mass is 271 g/mol. The molecule has 0 aromatic heterocycles. The van der Waals surface area contributed by atoms with Crippen molar-refractivity contribution in [3.8, 4) is 11.1 Å². The Balaban J connectivity index is 2.17. The Hall–Kier alpha value is -2.90. The van der Waals surface area contributed by atoms with Crippen LogP contribution in [0, 0.1) is 0 Å². The van der Waals surface area contributed by atoms with Gasteiger partial charge in [0.1, 0.15) is 0 Å². The number of fused-ring (bicyclic) bond motifs is 4. The average molecular weight is 271 g/mol. The minimum absolute atomic E-state index is 0.645. The molecule has 0 amide bonds. The number of rotatable bonds is 0. The predicted molar refractivity (Wildman–Crippen MR) is 86.4 cm³/mol. The summed E-state index contributed by atoms with van der Waals surface area (Å²) in [7, 11) is 0. The van der Waals surface area contributed by atoms with Crippen LogP contribution in [0.5, 0.6) is 0 Å². The first-order valence-electron chi connectivity index (χ1n) is 6.91. The maximum absolute atomic E-state index is 9.18. The second kappa shape index (κ2) is 4.30. The first-order chi connectivity index (χ1) is 10.3. The molecule has 1 aromatic carbocycles. The molecule has 0 unspecified atom stereocenters. The van der Waals surface area contributed by atoms with Gasteiger partial charge in [-0.15, -0.1) is 0 Å². The van der Waals surface area contributed by atoms with Crippen LogP contribution in [-0.4, -0.2) is 10.5 Å². The molecule has 1 aromatic rings. The lowest BCUT2D eigenvalue weighted by Crippen LogP contribution is -2.04. The molecule has 3 aliphatic carbocycles. The average Bonchev–Trinajstić information content (AvgIpc) is 2.80. The van der Waals surface area contributed by atoms with Crippen molar-refractivity contribution in [3.05, 3.63) is 65.2 Å². The highest BCUT2D eigenvalue weighted by molar-refractivity contribution is 6.10. The minimum Gasteiger partial charge on any atom is -0.398 e. The molecule has 3 heteroatoms. The van der Waals surface area contributed by atoms with Crippen molar-refractivity contribution in [2.45, 2.75) is 6.42 Å². The molecule has 2 N–H and O–H groups in total. The number of nitrogens with two attached hydrogens (primary N) is 1. The van der Waals surface area contributed by atoms with E-state index in [1.54, 1.807) is 0 Å². The highest BCUT2D eigenvalue weighted by atomic mass is 14.9. The van der Waals surface area contributed by atoms with Gasteiger partial charge >= 0.3 is 5.71 Å². The second-order valence-electron chi connectivity index (χ2n) is 5.33. The van der Waals surface area contributed by atoms with Crippen molar-refractivity contribution < 1.29 is 4.79 Å². The van der Waals surface area contributed by atoms with Crippen LogP contribution in [0.25, 0.3) is 33.5 Å². The number of benzene rings is 1. The highest BCUT2D eigenvalue weighted by Gasteiger charge is 2.25. The fourth-order valence-electron chi connectivity index (χ4n) is 3.12. The molecule has 3 aliphatic rings. The first kappa shape index (κ1) is 11.9. The van der Waals surface area contributed by atoms with Crippen molar-refractivity contribution in [1.29, 1.82) is 0 Å². The third kappa shape index (κ3) is 1.69. The Labute approximate surface area is 122 Å². The van der Waals surface area contributed by atoms with Gasteiger partial charge in [-0.2, -0.15) is 4.79 Å². The third-order valence-corrected chi connectivity index (χ3v) is 4.08. The van der Waals surface area contributed by atoms with Crippen molar-refractivity contribution in [2.24, 2.45) is 0 Å². The maximum atomic E-state index is 9.18. The molecule has 100 valence electrons. The zero-order valence-electron chi connectivity index (χ0n) is 11.4. The van der Waals surface area contributed by atoms with Crippen LogP contribution in [0.15, 0.2) is 48.5 Å². The second-order valence-corrected chi connectivity index (χ2v) is 5.33. The molecule has 0 fully saturated rings. The van der Waals surface area contributed by atoms with Crippen LogP contribution in [0.3, 0.4) is 0 Å². The smallest absolute Gasteiger partial charge is 0.303 e. The summed E-state index contributed by atoms with van der Waals surface area (Å²) in [5.74, 6) is 0. The Bertz CT molecular complexity index is 931. The fraction of sp³-hybridized carbons (Fsp3) is 0.0556. The molecule has 0 saturated carbocycles. The van der Waals surface area contributed by atoms with Crippen molar-refractivity contribution in [2.75, 3.05) is 5.73 Å². The number of anilines is 1. The number of hydrogen-bond acceptors (Lipinski definition) is 1. The van der Waals surface area contributed by atoms with Crippen LogP contribution >= 0.6 is 0 Å². The fourth-order valence-corrected chi connectivity index (χ4v) is 3.12. The lowest BCUT2D eigenvalue weighted by molar-refractivity contribution is -0.00603. The first-order valence-corrected chi connectivity index (χ1v) is 6.91. The van der Waals surface area contributed by atoms with Crippen molar-refractivity contribution in [1.82, 2.24) is 0 Å². The minimum atomic E-state index is 0.645. The van der Waals surface area contributed by atoms with Crippen LogP contribution < -0.4 is 5.73 Å². The Morgan fingerprint density at radius 2 is 1.81 bits per heavy atom. The van der Waals surface area contributed by atoms with E-state index in [2.05, 4.69) is 35.1 Å². The largest absolute Gasteiger partial charge is 0.398 e. The van der Waals surface area contributed by atoms with Crippen LogP contribution in [0.4, 0.5) is 5.69 Å². The summed E-state index contributed by atoms with van der Waals surface area (Å²) in [6.07, 6.45) is 4.71. The quantitative estimate of drug-likeness (QED) is 0.488. The summed E-state index contributed by atoms with van der Waals surface area (Å²) >= 11 is 0. The van der Waals surface area contributed by atoms with Gasteiger partial charge in [-0.3, -0.25) is 0 Å². The molecular weight excluding hydrogens is 258 g/mol. The predicted octanol–water partition coefficient (Wildman–Crippen LogP) is 3.96. The maximum Gasteiger partial charge on any atom is 0.303 e. The zero-order chi connectivity index (χ0) is 14.4. The molecule has 0 saturated heterocycles. The van der Waals surface area contributed by atoms with Gasteiger partial charge in [0.15, 0.2) is 0 Å². The molecule has 0 heterocycles. The third-order valence-electron chi connectivity index (χ3n) is 4.08. The lowest BCUT2D eigenvalue weighted by atomic mass is 9.98. The number of hydrogen-bond donors (Lipinski definition) is 1. The van der Waals surface area contributed by atoms with Crippen LogP contribution in [0.1, 0.15) is 17.5 Å². The number of allylic oxidation sites excluding steroid dienone is 1. The van der Waals surface area contributed by atoms with E-state index in [-0.39, 0.29) is 0 Å². The summed E-state index contributed by atoms with van der Waals surface area (Å²) < 4.78 is 0. The number of nitrogens with zero attached hydrogens (tertiary/aromatic N) is 2. The van der Waals surface area contributed by atoms with E-state index >= 15 is 0 Å². The van der Waals surface area contributed by atoms with Gasteiger partial charge in [0.25, 0.3) is 0 Å². The topological polar surface area (TPSA) is 62.4 Å². The summed E-state index contributed by atoms with van der Waals surface area (Å²) in [5.41, 5.74) is 21.0. The van der Waals surface area contributed by atoms with Gasteiger partial charge in [-0.05, 0) is 40.1 Å². The van der Waals surface area contributed by atoms with Gasteiger partial charge < -0.3 is 11.3 Å². The molecule has 0 atom stereocenters. The van der Waals surface area contributed by atoms with E-state index in [4.69, 9.17) is 5.73 Å². The normalized spacial score (nSPS) is 13.4.